The molecule has 1 aliphatic carbocycles. The van der Waals surface area contributed by atoms with Crippen LogP contribution in [0.15, 0.2) is 47.4 Å². The number of ether oxygens (including phenoxy) is 1. The Balaban J connectivity index is 1.82. The summed E-state index contributed by atoms with van der Waals surface area (Å²) in [6, 6.07) is 10.9. The van der Waals surface area contributed by atoms with Gasteiger partial charge in [0.05, 0.1) is 17.7 Å². The Kier molecular flexibility index (Phi) is 6.93. The highest BCUT2D eigenvalue weighted by Crippen LogP contribution is 2.30. The molecule has 0 aromatic heterocycles. The number of nitrogens with one attached hydrogen (secondary N) is 1. The quantitative estimate of drug-likeness (QED) is 0.685. The fourth-order valence-corrected chi connectivity index (χ4v) is 5.04. The van der Waals surface area contributed by atoms with Gasteiger partial charge in [0.2, 0.25) is 0 Å². The van der Waals surface area contributed by atoms with Gasteiger partial charge in [-0.1, -0.05) is 24.6 Å². The van der Waals surface area contributed by atoms with Crippen molar-refractivity contribution in [2.24, 2.45) is 5.92 Å². The van der Waals surface area contributed by atoms with Crippen molar-refractivity contribution < 1.29 is 17.9 Å². The first-order valence-corrected chi connectivity index (χ1v) is 11.8. The Labute approximate surface area is 183 Å². The molecule has 0 unspecified atom stereocenters. The zero-order valence-corrected chi connectivity index (χ0v) is 19.0. The minimum atomic E-state index is -3.94. The molecule has 8 heteroatoms. The van der Waals surface area contributed by atoms with E-state index in [0.29, 0.717) is 22.3 Å². The van der Waals surface area contributed by atoms with Crippen LogP contribution in [0.1, 0.15) is 43.0 Å². The Hall–Kier alpha value is -2.25. The van der Waals surface area contributed by atoms with Gasteiger partial charge in [-0.25, -0.2) is 8.42 Å². The zero-order chi connectivity index (χ0) is 21.9. The maximum atomic E-state index is 13.0. The van der Waals surface area contributed by atoms with Crippen molar-refractivity contribution in [1.82, 2.24) is 4.90 Å². The normalized spacial score (nSPS) is 19.2. The van der Waals surface area contributed by atoms with E-state index in [9.17, 15) is 13.2 Å². The first-order chi connectivity index (χ1) is 14.2. The Morgan fingerprint density at radius 1 is 1.13 bits per heavy atom. The van der Waals surface area contributed by atoms with Crippen molar-refractivity contribution in [2.75, 3.05) is 18.9 Å². The molecule has 162 valence electrons. The van der Waals surface area contributed by atoms with Gasteiger partial charge in [0, 0.05) is 23.7 Å². The predicted octanol–water partition coefficient (Wildman–Crippen LogP) is 4.80. The van der Waals surface area contributed by atoms with Gasteiger partial charge < -0.3 is 9.64 Å². The molecular formula is C22H27ClN2O4S. The SMILES string of the molecule is COc1ccc(Cl)cc1NS(=O)(=O)c1cccc(C(=O)N(C)C2CCC(C)CC2)c1. The third-order valence-electron chi connectivity index (χ3n) is 5.65. The molecule has 0 radical (unpaired) electrons. The molecule has 1 N–H and O–H groups in total. The number of hydrogen-bond donors (Lipinski definition) is 1. The van der Waals surface area contributed by atoms with Gasteiger partial charge in [0.15, 0.2) is 0 Å². The summed E-state index contributed by atoms with van der Waals surface area (Å²) in [5, 5.41) is 0.376. The Morgan fingerprint density at radius 3 is 2.50 bits per heavy atom. The number of carbonyl (C=O) groups is 1. The lowest BCUT2D eigenvalue weighted by Gasteiger charge is -2.33. The minimum absolute atomic E-state index is 0.000968. The largest absolute Gasteiger partial charge is 0.495 e. The Morgan fingerprint density at radius 2 is 1.83 bits per heavy atom. The molecular weight excluding hydrogens is 424 g/mol. The number of carbonyl (C=O) groups excluding carboxylic acids is 1. The third kappa shape index (κ3) is 5.08. The zero-order valence-electron chi connectivity index (χ0n) is 17.4. The van der Waals surface area contributed by atoms with Crippen LogP contribution in [0.3, 0.4) is 0 Å². The van der Waals surface area contributed by atoms with Crippen LogP contribution in [0.2, 0.25) is 5.02 Å². The lowest BCUT2D eigenvalue weighted by molar-refractivity contribution is 0.0679. The molecule has 0 heterocycles. The van der Waals surface area contributed by atoms with Crippen molar-refractivity contribution in [2.45, 2.75) is 43.5 Å². The number of sulfonamides is 1. The molecule has 0 spiro atoms. The number of halogens is 1. The molecule has 0 bridgehead atoms. The van der Waals surface area contributed by atoms with Crippen LogP contribution in [0, 0.1) is 5.92 Å². The van der Waals surface area contributed by atoms with Crippen LogP contribution in [-0.4, -0.2) is 39.4 Å². The maximum absolute atomic E-state index is 13.0. The van der Waals surface area contributed by atoms with E-state index in [1.165, 1.54) is 25.3 Å². The van der Waals surface area contributed by atoms with E-state index >= 15 is 0 Å². The molecule has 1 saturated carbocycles. The van der Waals surface area contributed by atoms with Crippen LogP contribution in [0.4, 0.5) is 5.69 Å². The summed E-state index contributed by atoms with van der Waals surface area (Å²) in [5.74, 6) is 0.862. The number of benzene rings is 2. The molecule has 0 saturated heterocycles. The average Bonchev–Trinajstić information content (AvgIpc) is 2.73. The van der Waals surface area contributed by atoms with Crippen molar-refractivity contribution in [3.05, 3.63) is 53.1 Å². The second-order valence-electron chi connectivity index (χ2n) is 7.81. The molecule has 0 atom stereocenters. The van der Waals surface area contributed by atoms with E-state index in [2.05, 4.69) is 11.6 Å². The topological polar surface area (TPSA) is 75.7 Å². The second kappa shape index (κ2) is 9.27. The molecule has 6 nitrogen and oxygen atoms in total. The molecule has 1 amide bonds. The summed E-state index contributed by atoms with van der Waals surface area (Å²) in [6.45, 7) is 2.23. The molecule has 3 rings (SSSR count). The fraction of sp³-hybridized carbons (Fsp3) is 0.409. The molecule has 0 aliphatic heterocycles. The number of nitrogens with zero attached hydrogens (tertiary/aromatic N) is 1. The standard InChI is InChI=1S/C22H27ClN2O4S/c1-15-7-10-18(11-8-15)25(2)22(26)16-5-4-6-19(13-16)30(27,28)24-20-14-17(23)9-12-21(20)29-3/h4-6,9,12-15,18,24H,7-8,10-11H2,1-3H3. The average molecular weight is 451 g/mol. The minimum Gasteiger partial charge on any atom is -0.495 e. The van der Waals surface area contributed by atoms with Crippen LogP contribution in [0.5, 0.6) is 5.75 Å². The van der Waals surface area contributed by atoms with Crippen molar-refractivity contribution >= 4 is 33.2 Å². The Bertz CT molecular complexity index is 1020. The number of methoxy groups -OCH3 is 1. The van der Waals surface area contributed by atoms with E-state index in [1.807, 2.05) is 0 Å². The van der Waals surface area contributed by atoms with Crippen molar-refractivity contribution in [3.63, 3.8) is 0 Å². The van der Waals surface area contributed by atoms with E-state index in [-0.39, 0.29) is 22.5 Å². The van der Waals surface area contributed by atoms with Crippen LogP contribution in [-0.2, 0) is 10.0 Å². The smallest absolute Gasteiger partial charge is 0.262 e. The van der Waals surface area contributed by atoms with Gasteiger partial charge in [-0.15, -0.1) is 0 Å². The summed E-state index contributed by atoms with van der Waals surface area (Å²) in [7, 11) is -0.698. The molecule has 30 heavy (non-hydrogen) atoms. The lowest BCUT2D eigenvalue weighted by atomic mass is 9.86. The van der Waals surface area contributed by atoms with Gasteiger partial charge in [-0.2, -0.15) is 0 Å². The number of anilines is 1. The highest BCUT2D eigenvalue weighted by Gasteiger charge is 2.26. The van der Waals surface area contributed by atoms with Crippen LogP contribution < -0.4 is 9.46 Å². The predicted molar refractivity (Wildman–Crippen MR) is 119 cm³/mol. The highest BCUT2D eigenvalue weighted by molar-refractivity contribution is 7.92. The molecule has 2 aromatic rings. The lowest BCUT2D eigenvalue weighted by Crippen LogP contribution is -2.39. The van der Waals surface area contributed by atoms with Crippen molar-refractivity contribution in [1.29, 1.82) is 0 Å². The number of hydrogen-bond acceptors (Lipinski definition) is 4. The highest BCUT2D eigenvalue weighted by atomic mass is 35.5. The summed E-state index contributed by atoms with van der Waals surface area (Å²) in [6.07, 6.45) is 4.14. The maximum Gasteiger partial charge on any atom is 0.262 e. The van der Waals surface area contributed by atoms with E-state index < -0.39 is 10.0 Å². The first-order valence-electron chi connectivity index (χ1n) is 9.95. The fourth-order valence-electron chi connectivity index (χ4n) is 3.76. The van der Waals surface area contributed by atoms with Crippen LogP contribution in [0.25, 0.3) is 0 Å². The molecule has 1 fully saturated rings. The van der Waals surface area contributed by atoms with E-state index in [0.717, 1.165) is 25.7 Å². The van der Waals surface area contributed by atoms with Gasteiger partial charge in [0.25, 0.3) is 15.9 Å². The van der Waals surface area contributed by atoms with Gasteiger partial charge >= 0.3 is 0 Å². The molecule has 2 aromatic carbocycles. The summed E-state index contributed by atoms with van der Waals surface area (Å²) < 4.78 is 33.6. The number of amides is 1. The monoisotopic (exact) mass is 450 g/mol. The van der Waals surface area contributed by atoms with Gasteiger partial charge in [-0.05, 0) is 68.0 Å². The summed E-state index contributed by atoms with van der Waals surface area (Å²) >= 11 is 5.99. The van der Waals surface area contributed by atoms with Crippen molar-refractivity contribution in [3.8, 4) is 5.75 Å². The summed E-state index contributed by atoms with van der Waals surface area (Å²) in [4.78, 5) is 14.7. The van der Waals surface area contributed by atoms with E-state index in [4.69, 9.17) is 16.3 Å². The molecule has 1 aliphatic rings. The van der Waals surface area contributed by atoms with E-state index in [1.54, 1.807) is 36.2 Å². The third-order valence-corrected chi connectivity index (χ3v) is 7.25. The second-order valence-corrected chi connectivity index (χ2v) is 9.93. The number of rotatable bonds is 6. The van der Waals surface area contributed by atoms with Gasteiger partial charge in [0.1, 0.15) is 5.75 Å². The first kappa shape index (κ1) is 22.4. The summed E-state index contributed by atoms with van der Waals surface area (Å²) in [5.41, 5.74) is 0.576. The van der Waals surface area contributed by atoms with Gasteiger partial charge in [-0.3, -0.25) is 9.52 Å². The van der Waals surface area contributed by atoms with Crippen LogP contribution >= 0.6 is 11.6 Å².